The lowest BCUT2D eigenvalue weighted by Crippen LogP contribution is -2.15. The highest BCUT2D eigenvalue weighted by Crippen LogP contribution is 2.31. The normalized spacial score (nSPS) is 19.5. The van der Waals surface area contributed by atoms with E-state index in [1.54, 1.807) is 7.11 Å². The fraction of sp³-hybridized carbons (Fsp3) is 0.385. The van der Waals surface area contributed by atoms with Gasteiger partial charge in [0.05, 0.1) is 11.6 Å². The first-order chi connectivity index (χ1) is 7.79. The minimum absolute atomic E-state index is 0.207. The molecule has 0 bridgehead atoms. The summed E-state index contributed by atoms with van der Waals surface area (Å²) in [7, 11) is 1.66. The van der Waals surface area contributed by atoms with E-state index in [4.69, 9.17) is 9.47 Å². The van der Waals surface area contributed by atoms with Crippen molar-refractivity contribution in [2.75, 3.05) is 7.11 Å². The third kappa shape index (κ3) is 2.79. The van der Waals surface area contributed by atoms with Gasteiger partial charge in [0.2, 0.25) is 0 Å². The first-order valence-corrected chi connectivity index (χ1v) is 6.26. The van der Waals surface area contributed by atoms with Gasteiger partial charge >= 0.3 is 0 Å². The SMILES string of the molecule is COc1ccc(OC2C=CCCC2)c(Br)c1. The fourth-order valence-corrected chi connectivity index (χ4v) is 2.20. The molecule has 1 unspecified atom stereocenters. The van der Waals surface area contributed by atoms with E-state index in [1.165, 1.54) is 12.8 Å². The van der Waals surface area contributed by atoms with Gasteiger partial charge in [-0.05, 0) is 59.5 Å². The lowest BCUT2D eigenvalue weighted by molar-refractivity contribution is 0.228. The summed E-state index contributed by atoms with van der Waals surface area (Å²) in [6.45, 7) is 0. The number of ether oxygens (including phenoxy) is 2. The number of allylic oxidation sites excluding steroid dienone is 1. The summed E-state index contributed by atoms with van der Waals surface area (Å²) in [4.78, 5) is 0. The van der Waals surface area contributed by atoms with E-state index in [0.29, 0.717) is 0 Å². The van der Waals surface area contributed by atoms with Crippen molar-refractivity contribution in [1.29, 1.82) is 0 Å². The van der Waals surface area contributed by atoms with Gasteiger partial charge in [-0.2, -0.15) is 0 Å². The van der Waals surface area contributed by atoms with Gasteiger partial charge in [-0.1, -0.05) is 6.08 Å². The monoisotopic (exact) mass is 282 g/mol. The average molecular weight is 283 g/mol. The van der Waals surface area contributed by atoms with Crippen LogP contribution in [0, 0.1) is 0 Å². The second-order valence-corrected chi connectivity index (χ2v) is 4.67. The average Bonchev–Trinajstić information content (AvgIpc) is 2.33. The Hall–Kier alpha value is -0.960. The Balaban J connectivity index is 2.09. The van der Waals surface area contributed by atoms with Crippen LogP contribution in [-0.4, -0.2) is 13.2 Å². The summed E-state index contributed by atoms with van der Waals surface area (Å²) < 4.78 is 12.0. The van der Waals surface area contributed by atoms with Crippen LogP contribution >= 0.6 is 15.9 Å². The van der Waals surface area contributed by atoms with Crippen molar-refractivity contribution in [2.24, 2.45) is 0 Å². The van der Waals surface area contributed by atoms with Crippen molar-refractivity contribution in [1.82, 2.24) is 0 Å². The quantitative estimate of drug-likeness (QED) is 0.782. The summed E-state index contributed by atoms with van der Waals surface area (Å²) in [6.07, 6.45) is 8.00. The van der Waals surface area contributed by atoms with Gasteiger partial charge in [-0.25, -0.2) is 0 Å². The molecule has 0 aromatic heterocycles. The van der Waals surface area contributed by atoms with Gasteiger partial charge in [0, 0.05) is 0 Å². The third-order valence-corrected chi connectivity index (χ3v) is 3.25. The van der Waals surface area contributed by atoms with Crippen LogP contribution in [0.2, 0.25) is 0 Å². The molecular weight excluding hydrogens is 268 g/mol. The Labute approximate surface area is 104 Å². The van der Waals surface area contributed by atoms with Crippen molar-refractivity contribution >= 4 is 15.9 Å². The molecule has 0 saturated carbocycles. The van der Waals surface area contributed by atoms with E-state index < -0.39 is 0 Å². The molecule has 1 aromatic rings. The molecule has 0 spiro atoms. The van der Waals surface area contributed by atoms with Crippen LogP contribution in [0.15, 0.2) is 34.8 Å². The van der Waals surface area contributed by atoms with Crippen LogP contribution in [0.25, 0.3) is 0 Å². The van der Waals surface area contributed by atoms with E-state index in [9.17, 15) is 0 Å². The molecule has 1 aliphatic rings. The molecule has 1 aromatic carbocycles. The Morgan fingerprint density at radius 1 is 1.38 bits per heavy atom. The molecule has 0 fully saturated rings. The molecule has 0 saturated heterocycles. The van der Waals surface area contributed by atoms with Crippen molar-refractivity contribution in [2.45, 2.75) is 25.4 Å². The van der Waals surface area contributed by atoms with Crippen LogP contribution in [0.3, 0.4) is 0 Å². The molecule has 0 amide bonds. The lowest BCUT2D eigenvalue weighted by Gasteiger charge is -2.19. The minimum Gasteiger partial charge on any atom is -0.497 e. The third-order valence-electron chi connectivity index (χ3n) is 2.63. The van der Waals surface area contributed by atoms with Gasteiger partial charge in [0.15, 0.2) is 0 Å². The standard InChI is InChI=1S/C13H15BrO2/c1-15-11-7-8-13(12(14)9-11)16-10-5-3-2-4-6-10/h3,5,7-10H,2,4,6H2,1H3. The van der Waals surface area contributed by atoms with E-state index in [0.717, 1.165) is 22.4 Å². The van der Waals surface area contributed by atoms with E-state index in [-0.39, 0.29) is 6.10 Å². The summed E-state index contributed by atoms with van der Waals surface area (Å²) in [5.41, 5.74) is 0. The van der Waals surface area contributed by atoms with Crippen LogP contribution in [0.1, 0.15) is 19.3 Å². The molecule has 1 aliphatic carbocycles. The Morgan fingerprint density at radius 2 is 2.25 bits per heavy atom. The maximum atomic E-state index is 5.90. The molecule has 2 nitrogen and oxygen atoms in total. The summed E-state index contributed by atoms with van der Waals surface area (Å²) in [6, 6.07) is 5.76. The fourth-order valence-electron chi connectivity index (χ4n) is 1.75. The molecule has 1 atom stereocenters. The van der Waals surface area contributed by atoms with Crippen molar-refractivity contribution < 1.29 is 9.47 Å². The largest absolute Gasteiger partial charge is 0.497 e. The van der Waals surface area contributed by atoms with Crippen LogP contribution in [0.4, 0.5) is 0 Å². The highest BCUT2D eigenvalue weighted by Gasteiger charge is 2.12. The second kappa shape index (κ2) is 5.39. The minimum atomic E-state index is 0.207. The summed E-state index contributed by atoms with van der Waals surface area (Å²) in [5.74, 6) is 1.70. The predicted molar refractivity (Wildman–Crippen MR) is 68.1 cm³/mol. The van der Waals surface area contributed by atoms with Crippen LogP contribution < -0.4 is 9.47 Å². The van der Waals surface area contributed by atoms with Crippen molar-refractivity contribution in [3.8, 4) is 11.5 Å². The van der Waals surface area contributed by atoms with E-state index >= 15 is 0 Å². The Bertz CT molecular complexity index is 388. The number of halogens is 1. The van der Waals surface area contributed by atoms with Crippen molar-refractivity contribution in [3.63, 3.8) is 0 Å². The second-order valence-electron chi connectivity index (χ2n) is 3.81. The molecule has 0 heterocycles. The lowest BCUT2D eigenvalue weighted by atomic mass is 10.1. The maximum absolute atomic E-state index is 5.90. The molecule has 16 heavy (non-hydrogen) atoms. The van der Waals surface area contributed by atoms with Crippen molar-refractivity contribution in [3.05, 3.63) is 34.8 Å². The van der Waals surface area contributed by atoms with Gasteiger partial charge in [-0.3, -0.25) is 0 Å². The molecule has 3 heteroatoms. The topological polar surface area (TPSA) is 18.5 Å². The van der Waals surface area contributed by atoms with Gasteiger partial charge < -0.3 is 9.47 Å². The molecule has 86 valence electrons. The van der Waals surface area contributed by atoms with Gasteiger partial charge in [0.25, 0.3) is 0 Å². The zero-order valence-electron chi connectivity index (χ0n) is 9.28. The summed E-state index contributed by atoms with van der Waals surface area (Å²) >= 11 is 3.49. The zero-order valence-corrected chi connectivity index (χ0v) is 10.9. The zero-order chi connectivity index (χ0) is 11.4. The number of methoxy groups -OCH3 is 1. The first-order valence-electron chi connectivity index (χ1n) is 5.46. The number of hydrogen-bond donors (Lipinski definition) is 0. The Morgan fingerprint density at radius 3 is 2.88 bits per heavy atom. The van der Waals surface area contributed by atoms with E-state index in [2.05, 4.69) is 28.1 Å². The molecular formula is C13H15BrO2. The molecule has 0 N–H and O–H groups in total. The predicted octanol–water partition coefficient (Wildman–Crippen LogP) is 3.95. The smallest absolute Gasteiger partial charge is 0.134 e. The number of rotatable bonds is 3. The van der Waals surface area contributed by atoms with Crippen LogP contribution in [0.5, 0.6) is 11.5 Å². The molecule has 2 rings (SSSR count). The molecule has 0 radical (unpaired) electrons. The van der Waals surface area contributed by atoms with Gasteiger partial charge in [0.1, 0.15) is 17.6 Å². The summed E-state index contributed by atoms with van der Waals surface area (Å²) in [5, 5.41) is 0. The maximum Gasteiger partial charge on any atom is 0.134 e. The molecule has 0 aliphatic heterocycles. The highest BCUT2D eigenvalue weighted by atomic mass is 79.9. The first kappa shape index (κ1) is 11.5. The number of benzene rings is 1. The highest BCUT2D eigenvalue weighted by molar-refractivity contribution is 9.10. The van der Waals surface area contributed by atoms with Crippen LogP contribution in [-0.2, 0) is 0 Å². The Kier molecular flexibility index (Phi) is 3.88. The van der Waals surface area contributed by atoms with Gasteiger partial charge in [-0.15, -0.1) is 0 Å². The number of hydrogen-bond acceptors (Lipinski definition) is 2. The van der Waals surface area contributed by atoms with E-state index in [1.807, 2.05) is 18.2 Å².